The average molecular weight is 326 g/mol. The molecule has 2 rings (SSSR count). The Labute approximate surface area is 130 Å². The number of benzene rings is 1. The second-order valence-electron chi connectivity index (χ2n) is 4.63. The molecular formula is C16H11ClF3NO. The van der Waals surface area contributed by atoms with Gasteiger partial charge in [0.1, 0.15) is 5.57 Å². The summed E-state index contributed by atoms with van der Waals surface area (Å²) >= 11 is 5.73. The Morgan fingerprint density at radius 3 is 2.55 bits per heavy atom. The molecule has 0 fully saturated rings. The molecule has 114 valence electrons. The zero-order valence-corrected chi connectivity index (χ0v) is 12.2. The standard InChI is InChI=1S/C16H11ClF3NO/c1-10-7-11(5-6-21-10)8-14(16(18,19)20)15(22)12-3-2-4-13(17)9-12/h2-9H,1H3/b14-8+. The number of rotatable bonds is 3. The van der Waals surface area contributed by atoms with Crippen molar-refractivity contribution in [1.29, 1.82) is 0 Å². The normalized spacial score (nSPS) is 12.3. The molecule has 1 aromatic carbocycles. The minimum absolute atomic E-state index is 0.109. The first kappa shape index (κ1) is 16.2. The van der Waals surface area contributed by atoms with Crippen molar-refractivity contribution >= 4 is 23.5 Å². The third-order valence-electron chi connectivity index (χ3n) is 2.87. The van der Waals surface area contributed by atoms with Crippen molar-refractivity contribution in [2.75, 3.05) is 0 Å². The largest absolute Gasteiger partial charge is 0.420 e. The molecule has 0 N–H and O–H groups in total. The van der Waals surface area contributed by atoms with Crippen LogP contribution in [-0.2, 0) is 0 Å². The maximum atomic E-state index is 13.2. The van der Waals surface area contributed by atoms with E-state index in [-0.39, 0.29) is 16.1 Å². The smallest absolute Gasteiger partial charge is 0.289 e. The van der Waals surface area contributed by atoms with Crippen LogP contribution in [0.15, 0.2) is 48.2 Å². The number of pyridine rings is 1. The molecule has 2 nitrogen and oxygen atoms in total. The lowest BCUT2D eigenvalue weighted by atomic mass is 10.0. The van der Waals surface area contributed by atoms with E-state index in [9.17, 15) is 18.0 Å². The van der Waals surface area contributed by atoms with Crippen LogP contribution in [0.1, 0.15) is 21.6 Å². The SMILES string of the molecule is Cc1cc(/C=C(\C(=O)c2cccc(Cl)c2)C(F)(F)F)ccn1. The van der Waals surface area contributed by atoms with Gasteiger partial charge in [-0.25, -0.2) is 0 Å². The van der Waals surface area contributed by atoms with Crippen LogP contribution in [0.5, 0.6) is 0 Å². The van der Waals surface area contributed by atoms with Crippen molar-refractivity contribution in [2.45, 2.75) is 13.1 Å². The third-order valence-corrected chi connectivity index (χ3v) is 3.10. The van der Waals surface area contributed by atoms with E-state index in [4.69, 9.17) is 11.6 Å². The van der Waals surface area contributed by atoms with E-state index in [1.54, 1.807) is 6.92 Å². The first-order chi connectivity index (χ1) is 10.3. The molecule has 1 aromatic heterocycles. The summed E-state index contributed by atoms with van der Waals surface area (Å²) in [5, 5.41) is 0.201. The number of hydrogen-bond acceptors (Lipinski definition) is 2. The molecule has 0 unspecified atom stereocenters. The van der Waals surface area contributed by atoms with Crippen LogP contribution in [0.2, 0.25) is 5.02 Å². The van der Waals surface area contributed by atoms with Crippen molar-refractivity contribution in [3.63, 3.8) is 0 Å². The molecule has 0 atom stereocenters. The van der Waals surface area contributed by atoms with Gasteiger partial charge in [0.25, 0.3) is 0 Å². The van der Waals surface area contributed by atoms with Gasteiger partial charge in [-0.15, -0.1) is 0 Å². The van der Waals surface area contributed by atoms with Crippen molar-refractivity contribution in [2.24, 2.45) is 0 Å². The number of aromatic nitrogens is 1. The van der Waals surface area contributed by atoms with Crippen LogP contribution in [-0.4, -0.2) is 16.9 Å². The van der Waals surface area contributed by atoms with Crippen LogP contribution in [0, 0.1) is 6.92 Å². The van der Waals surface area contributed by atoms with Crippen molar-refractivity contribution in [3.05, 3.63) is 70.0 Å². The van der Waals surface area contributed by atoms with Gasteiger partial charge < -0.3 is 0 Å². The summed E-state index contributed by atoms with van der Waals surface area (Å²) in [6.07, 6.45) is -2.56. The second kappa shape index (κ2) is 6.32. The maximum Gasteiger partial charge on any atom is 0.420 e. The molecule has 0 bridgehead atoms. The summed E-state index contributed by atoms with van der Waals surface area (Å²) in [5.74, 6) is -1.12. The molecule has 6 heteroatoms. The van der Waals surface area contributed by atoms with Gasteiger partial charge in [0.15, 0.2) is 5.78 Å². The molecule has 22 heavy (non-hydrogen) atoms. The van der Waals surface area contributed by atoms with E-state index >= 15 is 0 Å². The molecule has 0 aliphatic carbocycles. The Kier molecular flexibility index (Phi) is 4.66. The number of carbonyl (C=O) groups is 1. The Balaban J connectivity index is 2.50. The van der Waals surface area contributed by atoms with Gasteiger partial charge in [0.2, 0.25) is 0 Å². The highest BCUT2D eigenvalue weighted by Crippen LogP contribution is 2.31. The fraction of sp³-hybridized carbons (Fsp3) is 0.125. The summed E-state index contributed by atoms with van der Waals surface area (Å²) in [7, 11) is 0. The summed E-state index contributed by atoms with van der Waals surface area (Å²) in [6, 6.07) is 8.30. The Morgan fingerprint density at radius 1 is 1.23 bits per heavy atom. The van der Waals surface area contributed by atoms with E-state index in [1.165, 1.54) is 42.6 Å². The average Bonchev–Trinajstić information content (AvgIpc) is 2.43. The minimum Gasteiger partial charge on any atom is -0.289 e. The van der Waals surface area contributed by atoms with Gasteiger partial charge in [-0.05, 0) is 42.8 Å². The summed E-state index contributed by atoms with van der Waals surface area (Å²) in [5.41, 5.74) is -0.539. The molecule has 0 aliphatic heterocycles. The lowest BCUT2D eigenvalue weighted by Crippen LogP contribution is -2.20. The minimum atomic E-state index is -4.77. The molecule has 2 aromatic rings. The summed E-state index contributed by atoms with van der Waals surface area (Å²) < 4.78 is 39.6. The molecule has 0 saturated carbocycles. The predicted octanol–water partition coefficient (Wildman–Crippen LogP) is 4.87. The van der Waals surface area contributed by atoms with Crippen molar-refractivity contribution in [3.8, 4) is 0 Å². The lowest BCUT2D eigenvalue weighted by Gasteiger charge is -2.11. The predicted molar refractivity (Wildman–Crippen MR) is 78.8 cm³/mol. The zero-order chi connectivity index (χ0) is 16.3. The van der Waals surface area contributed by atoms with E-state index in [0.29, 0.717) is 5.69 Å². The van der Waals surface area contributed by atoms with Crippen LogP contribution in [0.3, 0.4) is 0 Å². The number of carbonyl (C=O) groups excluding carboxylic acids is 1. The monoisotopic (exact) mass is 325 g/mol. The molecule has 0 saturated heterocycles. The number of hydrogen-bond donors (Lipinski definition) is 0. The molecule has 0 aliphatic rings. The van der Waals surface area contributed by atoms with Crippen molar-refractivity contribution < 1.29 is 18.0 Å². The second-order valence-corrected chi connectivity index (χ2v) is 5.06. The van der Waals surface area contributed by atoms with Gasteiger partial charge in [-0.2, -0.15) is 13.2 Å². The highest BCUT2D eigenvalue weighted by atomic mass is 35.5. The van der Waals surface area contributed by atoms with Gasteiger partial charge in [0.05, 0.1) is 0 Å². The Morgan fingerprint density at radius 2 is 1.95 bits per heavy atom. The lowest BCUT2D eigenvalue weighted by molar-refractivity contribution is -0.0878. The highest BCUT2D eigenvalue weighted by Gasteiger charge is 2.38. The van der Waals surface area contributed by atoms with Crippen LogP contribution in [0.4, 0.5) is 13.2 Å². The van der Waals surface area contributed by atoms with Gasteiger partial charge in [0, 0.05) is 22.5 Å². The number of halogens is 4. The number of Topliss-reactive ketones (excluding diaryl/α,β-unsaturated/α-hetero) is 1. The number of alkyl halides is 3. The van der Waals surface area contributed by atoms with E-state index in [0.717, 1.165) is 6.08 Å². The van der Waals surface area contributed by atoms with E-state index < -0.39 is 17.5 Å². The van der Waals surface area contributed by atoms with Crippen LogP contribution >= 0.6 is 11.6 Å². The fourth-order valence-corrected chi connectivity index (χ4v) is 2.08. The molecule has 0 radical (unpaired) electrons. The molecular weight excluding hydrogens is 315 g/mol. The van der Waals surface area contributed by atoms with Crippen LogP contribution < -0.4 is 0 Å². The zero-order valence-electron chi connectivity index (χ0n) is 11.5. The first-order valence-corrected chi connectivity index (χ1v) is 6.67. The van der Waals surface area contributed by atoms with Gasteiger partial charge >= 0.3 is 6.18 Å². The molecule has 0 amide bonds. The first-order valence-electron chi connectivity index (χ1n) is 6.29. The van der Waals surface area contributed by atoms with Crippen LogP contribution in [0.25, 0.3) is 6.08 Å². The Bertz CT molecular complexity index is 738. The van der Waals surface area contributed by atoms with Gasteiger partial charge in [-0.1, -0.05) is 23.7 Å². The highest BCUT2D eigenvalue weighted by molar-refractivity contribution is 6.31. The molecule has 0 spiro atoms. The number of nitrogens with zero attached hydrogens (tertiary/aromatic N) is 1. The Hall–Kier alpha value is -2.14. The molecule has 1 heterocycles. The van der Waals surface area contributed by atoms with Gasteiger partial charge in [-0.3, -0.25) is 9.78 Å². The van der Waals surface area contributed by atoms with E-state index in [1.807, 2.05) is 0 Å². The van der Waals surface area contributed by atoms with E-state index in [2.05, 4.69) is 4.98 Å². The topological polar surface area (TPSA) is 30.0 Å². The quantitative estimate of drug-likeness (QED) is 0.595. The summed E-state index contributed by atoms with van der Waals surface area (Å²) in [6.45, 7) is 1.66. The maximum absolute atomic E-state index is 13.2. The summed E-state index contributed by atoms with van der Waals surface area (Å²) in [4.78, 5) is 16.1. The number of aryl methyl sites for hydroxylation is 1. The number of allylic oxidation sites excluding steroid dienone is 1. The fourth-order valence-electron chi connectivity index (χ4n) is 1.89. The number of ketones is 1. The third kappa shape index (κ3) is 3.95. The van der Waals surface area contributed by atoms with Crippen molar-refractivity contribution in [1.82, 2.24) is 4.98 Å².